The van der Waals surface area contributed by atoms with Crippen LogP contribution in [0.2, 0.25) is 5.22 Å². The van der Waals surface area contributed by atoms with Gasteiger partial charge < -0.3 is 9.73 Å². The molecule has 1 amide bonds. The Morgan fingerprint density at radius 2 is 2.36 bits per heavy atom. The number of carbonyl (C=O) groups excluding carboxylic acids is 1. The Labute approximate surface area is 88.4 Å². The summed E-state index contributed by atoms with van der Waals surface area (Å²) in [6.07, 6.45) is 1.04. The largest absolute Gasteiger partial charge is 0.440 e. The second kappa shape index (κ2) is 5.05. The van der Waals surface area contributed by atoms with Crippen molar-refractivity contribution in [3.63, 3.8) is 0 Å². The third-order valence-electron chi connectivity index (χ3n) is 2.10. The molecule has 0 aliphatic heterocycles. The Morgan fingerprint density at radius 1 is 1.64 bits per heavy atom. The number of hydrogen-bond donors (Lipinski definition) is 1. The number of rotatable bonds is 4. The van der Waals surface area contributed by atoms with Crippen molar-refractivity contribution in [1.82, 2.24) is 5.32 Å². The maximum Gasteiger partial charge on any atom is 0.287 e. The molecule has 0 aromatic carbocycles. The molecule has 1 heterocycles. The fourth-order valence-corrected chi connectivity index (χ4v) is 1.08. The highest BCUT2D eigenvalue weighted by atomic mass is 35.5. The van der Waals surface area contributed by atoms with Crippen LogP contribution in [0.15, 0.2) is 16.5 Å². The van der Waals surface area contributed by atoms with Gasteiger partial charge in [0.25, 0.3) is 5.91 Å². The van der Waals surface area contributed by atoms with Crippen LogP contribution in [-0.2, 0) is 0 Å². The number of halogens is 1. The zero-order chi connectivity index (χ0) is 10.6. The first-order valence-electron chi connectivity index (χ1n) is 4.67. The second-order valence-corrected chi connectivity index (χ2v) is 3.70. The molecular formula is C10H14ClNO2. The molecule has 4 heteroatoms. The first kappa shape index (κ1) is 11.1. The van der Waals surface area contributed by atoms with Gasteiger partial charge in [-0.3, -0.25) is 4.79 Å². The van der Waals surface area contributed by atoms with Gasteiger partial charge in [-0.25, -0.2) is 0 Å². The van der Waals surface area contributed by atoms with Crippen LogP contribution in [0.5, 0.6) is 0 Å². The topological polar surface area (TPSA) is 42.2 Å². The summed E-state index contributed by atoms with van der Waals surface area (Å²) in [5, 5.41) is 3.01. The molecule has 0 aliphatic rings. The first-order valence-corrected chi connectivity index (χ1v) is 5.04. The summed E-state index contributed by atoms with van der Waals surface area (Å²) in [4.78, 5) is 11.4. The van der Waals surface area contributed by atoms with Gasteiger partial charge in [0.1, 0.15) is 0 Å². The van der Waals surface area contributed by atoms with E-state index in [9.17, 15) is 4.79 Å². The SMILES string of the molecule is CCC(C)CNC(=O)c1ccc(Cl)o1. The standard InChI is InChI=1S/C10H14ClNO2/c1-3-7(2)6-12-10(13)8-4-5-9(11)14-8/h4-5,7H,3,6H2,1-2H3,(H,12,13). The summed E-state index contributed by atoms with van der Waals surface area (Å²) in [5.74, 6) is 0.528. The molecule has 0 bridgehead atoms. The Bertz CT molecular complexity index is 309. The van der Waals surface area contributed by atoms with Crippen molar-refractivity contribution in [2.75, 3.05) is 6.54 Å². The summed E-state index contributed by atoms with van der Waals surface area (Å²) >= 11 is 5.55. The third kappa shape index (κ3) is 3.07. The van der Waals surface area contributed by atoms with Gasteiger partial charge in [-0.15, -0.1) is 0 Å². The predicted molar refractivity (Wildman–Crippen MR) is 55.5 cm³/mol. The smallest absolute Gasteiger partial charge is 0.287 e. The third-order valence-corrected chi connectivity index (χ3v) is 2.31. The van der Waals surface area contributed by atoms with Crippen molar-refractivity contribution in [2.24, 2.45) is 5.92 Å². The summed E-state index contributed by atoms with van der Waals surface area (Å²) < 4.78 is 4.96. The van der Waals surface area contributed by atoms with Gasteiger partial charge in [-0.2, -0.15) is 0 Å². The Kier molecular flexibility index (Phi) is 4.01. The molecule has 1 aromatic rings. The molecular weight excluding hydrogens is 202 g/mol. The van der Waals surface area contributed by atoms with Gasteiger partial charge in [0.15, 0.2) is 11.0 Å². The minimum Gasteiger partial charge on any atom is -0.440 e. The summed E-state index contributed by atoms with van der Waals surface area (Å²) in [6, 6.07) is 3.12. The Hall–Kier alpha value is -0.960. The predicted octanol–water partition coefficient (Wildman–Crippen LogP) is 2.71. The summed E-state index contributed by atoms with van der Waals surface area (Å²) in [7, 11) is 0. The molecule has 1 rings (SSSR count). The lowest BCUT2D eigenvalue weighted by Gasteiger charge is -2.08. The lowest BCUT2D eigenvalue weighted by Crippen LogP contribution is -2.27. The minimum atomic E-state index is -0.211. The molecule has 1 N–H and O–H groups in total. The first-order chi connectivity index (χ1) is 6.63. The molecule has 0 radical (unpaired) electrons. The number of nitrogens with one attached hydrogen (secondary N) is 1. The van der Waals surface area contributed by atoms with E-state index in [1.807, 2.05) is 0 Å². The van der Waals surface area contributed by atoms with Crippen LogP contribution in [0.3, 0.4) is 0 Å². The van der Waals surface area contributed by atoms with E-state index in [0.717, 1.165) is 6.42 Å². The van der Waals surface area contributed by atoms with Crippen molar-refractivity contribution in [1.29, 1.82) is 0 Å². The maximum atomic E-state index is 11.4. The van der Waals surface area contributed by atoms with E-state index in [1.54, 1.807) is 12.1 Å². The zero-order valence-corrected chi connectivity index (χ0v) is 9.10. The van der Waals surface area contributed by atoms with Crippen LogP contribution >= 0.6 is 11.6 Å². The second-order valence-electron chi connectivity index (χ2n) is 3.33. The zero-order valence-electron chi connectivity index (χ0n) is 8.34. The number of furan rings is 1. The Balaban J connectivity index is 2.43. The van der Waals surface area contributed by atoms with Gasteiger partial charge in [0, 0.05) is 6.54 Å². The van der Waals surface area contributed by atoms with Gasteiger partial charge in [0.2, 0.25) is 0 Å². The molecule has 14 heavy (non-hydrogen) atoms. The fraction of sp³-hybridized carbons (Fsp3) is 0.500. The van der Waals surface area contributed by atoms with Crippen LogP contribution in [0.4, 0.5) is 0 Å². The lowest BCUT2D eigenvalue weighted by atomic mass is 10.1. The van der Waals surface area contributed by atoms with Crippen molar-refractivity contribution >= 4 is 17.5 Å². The van der Waals surface area contributed by atoms with E-state index in [2.05, 4.69) is 19.2 Å². The number of hydrogen-bond acceptors (Lipinski definition) is 2. The molecule has 1 unspecified atom stereocenters. The molecule has 1 aromatic heterocycles. The monoisotopic (exact) mass is 215 g/mol. The van der Waals surface area contributed by atoms with Crippen LogP contribution in [0.25, 0.3) is 0 Å². The molecule has 0 saturated heterocycles. The summed E-state index contributed by atoms with van der Waals surface area (Å²) in [5.41, 5.74) is 0. The van der Waals surface area contributed by atoms with E-state index >= 15 is 0 Å². The van der Waals surface area contributed by atoms with Gasteiger partial charge in [-0.1, -0.05) is 20.3 Å². The van der Waals surface area contributed by atoms with Gasteiger partial charge in [-0.05, 0) is 29.7 Å². The molecule has 0 saturated carbocycles. The molecule has 78 valence electrons. The average Bonchev–Trinajstić information content (AvgIpc) is 2.60. The van der Waals surface area contributed by atoms with E-state index in [1.165, 1.54) is 0 Å². The van der Waals surface area contributed by atoms with E-state index in [4.69, 9.17) is 16.0 Å². The van der Waals surface area contributed by atoms with Crippen LogP contribution in [0, 0.1) is 5.92 Å². The average molecular weight is 216 g/mol. The number of amides is 1. The number of carbonyl (C=O) groups is 1. The van der Waals surface area contributed by atoms with Crippen LogP contribution in [0.1, 0.15) is 30.8 Å². The molecule has 3 nitrogen and oxygen atoms in total. The van der Waals surface area contributed by atoms with E-state index < -0.39 is 0 Å². The van der Waals surface area contributed by atoms with E-state index in [-0.39, 0.29) is 16.9 Å². The van der Waals surface area contributed by atoms with Crippen LogP contribution in [-0.4, -0.2) is 12.5 Å². The highest BCUT2D eigenvalue weighted by Gasteiger charge is 2.10. The lowest BCUT2D eigenvalue weighted by molar-refractivity contribution is 0.0920. The van der Waals surface area contributed by atoms with Gasteiger partial charge >= 0.3 is 0 Å². The van der Waals surface area contributed by atoms with Crippen molar-refractivity contribution in [3.05, 3.63) is 23.1 Å². The van der Waals surface area contributed by atoms with Crippen molar-refractivity contribution in [2.45, 2.75) is 20.3 Å². The maximum absolute atomic E-state index is 11.4. The van der Waals surface area contributed by atoms with Crippen molar-refractivity contribution in [3.8, 4) is 0 Å². The molecule has 0 spiro atoms. The van der Waals surface area contributed by atoms with Crippen molar-refractivity contribution < 1.29 is 9.21 Å². The molecule has 0 fully saturated rings. The Morgan fingerprint density at radius 3 is 2.86 bits per heavy atom. The fourth-order valence-electron chi connectivity index (χ4n) is 0.935. The minimum absolute atomic E-state index is 0.211. The van der Waals surface area contributed by atoms with E-state index in [0.29, 0.717) is 12.5 Å². The highest BCUT2D eigenvalue weighted by Crippen LogP contribution is 2.12. The van der Waals surface area contributed by atoms with Gasteiger partial charge in [0.05, 0.1) is 0 Å². The summed E-state index contributed by atoms with van der Waals surface area (Å²) in [6.45, 7) is 4.82. The van der Waals surface area contributed by atoms with Crippen LogP contribution < -0.4 is 5.32 Å². The highest BCUT2D eigenvalue weighted by molar-refractivity contribution is 6.29. The normalized spacial score (nSPS) is 12.5. The molecule has 1 atom stereocenters. The molecule has 0 aliphatic carbocycles. The quantitative estimate of drug-likeness (QED) is 0.839.